The number of halogens is 1. The summed E-state index contributed by atoms with van der Waals surface area (Å²) in [5, 5.41) is 3.23. The molecular formula is C27H27ClN2O6. The largest absolute Gasteiger partial charge is 0.496 e. The number of anilines is 1. The lowest BCUT2D eigenvalue weighted by molar-refractivity contribution is -0.129. The Bertz CT molecular complexity index is 1310. The van der Waals surface area contributed by atoms with Crippen molar-refractivity contribution in [2.45, 2.75) is 31.8 Å². The number of fused-ring (bicyclic) bond motifs is 2. The van der Waals surface area contributed by atoms with Gasteiger partial charge in [0.25, 0.3) is 0 Å². The average Bonchev–Trinajstić information content (AvgIpc) is 3.20. The predicted octanol–water partition coefficient (Wildman–Crippen LogP) is 3.73. The van der Waals surface area contributed by atoms with Gasteiger partial charge in [-0.05, 0) is 30.9 Å². The lowest BCUT2D eigenvalue weighted by atomic mass is 9.74. The summed E-state index contributed by atoms with van der Waals surface area (Å²) in [4.78, 5) is 41.8. The van der Waals surface area contributed by atoms with Gasteiger partial charge in [0.2, 0.25) is 23.1 Å². The molecule has 8 nitrogen and oxygen atoms in total. The topological polar surface area (TPSA) is 94.2 Å². The van der Waals surface area contributed by atoms with Crippen LogP contribution in [0.5, 0.6) is 17.2 Å². The van der Waals surface area contributed by atoms with Crippen molar-refractivity contribution in [2.75, 3.05) is 32.2 Å². The second kappa shape index (κ2) is 9.17. The second-order valence-electron chi connectivity index (χ2n) is 9.24. The van der Waals surface area contributed by atoms with Crippen LogP contribution in [-0.4, -0.2) is 50.4 Å². The number of ketones is 2. The van der Waals surface area contributed by atoms with Gasteiger partial charge in [0.1, 0.15) is 22.1 Å². The van der Waals surface area contributed by atoms with Crippen LogP contribution in [-0.2, 0) is 16.0 Å². The van der Waals surface area contributed by atoms with E-state index in [9.17, 15) is 14.4 Å². The number of hydrogen-bond acceptors (Lipinski definition) is 7. The second-order valence-corrected chi connectivity index (χ2v) is 9.61. The van der Waals surface area contributed by atoms with Crippen molar-refractivity contribution < 1.29 is 28.6 Å². The van der Waals surface area contributed by atoms with Gasteiger partial charge in [-0.3, -0.25) is 14.4 Å². The number of nitrogens with zero attached hydrogens (tertiary/aromatic N) is 1. The first-order valence-electron chi connectivity index (χ1n) is 11.9. The fraction of sp³-hybridized carbons (Fsp3) is 0.370. The first-order chi connectivity index (χ1) is 17.3. The molecule has 2 aliphatic heterocycles. The van der Waals surface area contributed by atoms with Crippen molar-refractivity contribution in [3.8, 4) is 17.2 Å². The minimum atomic E-state index is -1.74. The summed E-state index contributed by atoms with van der Waals surface area (Å²) in [5.41, 5.74) is 1.06. The zero-order valence-electron chi connectivity index (χ0n) is 20.4. The molecule has 0 radical (unpaired) electrons. The van der Waals surface area contributed by atoms with Crippen LogP contribution in [0, 0.1) is 5.92 Å². The van der Waals surface area contributed by atoms with Crippen LogP contribution in [0.3, 0.4) is 0 Å². The van der Waals surface area contributed by atoms with Gasteiger partial charge in [-0.15, -0.1) is 0 Å². The molecule has 1 amide bonds. The highest BCUT2D eigenvalue weighted by atomic mass is 35.5. The minimum Gasteiger partial charge on any atom is -0.496 e. The Kier molecular flexibility index (Phi) is 6.16. The van der Waals surface area contributed by atoms with Gasteiger partial charge >= 0.3 is 0 Å². The number of aryl methyl sites for hydroxylation is 1. The lowest BCUT2D eigenvalue weighted by Crippen LogP contribution is -2.55. The molecule has 2 aromatic rings. The number of methoxy groups -OCH3 is 2. The molecule has 5 rings (SSSR count). The normalized spacial score (nSPS) is 22.5. The number of ether oxygens (including phenoxy) is 3. The molecule has 9 heteroatoms. The Morgan fingerprint density at radius 1 is 1.22 bits per heavy atom. The van der Waals surface area contributed by atoms with Crippen LogP contribution in [0.4, 0.5) is 5.69 Å². The zero-order chi connectivity index (χ0) is 25.6. The maximum atomic E-state index is 13.6. The molecule has 2 aromatic carbocycles. The van der Waals surface area contributed by atoms with Crippen molar-refractivity contribution >= 4 is 34.8 Å². The predicted molar refractivity (Wildman–Crippen MR) is 134 cm³/mol. The van der Waals surface area contributed by atoms with E-state index in [1.807, 2.05) is 24.3 Å². The SMILES string of the molecule is COc1cc(OC)c2c(c1Cl)OC1(C(=O)C=C(NCC(=O)N3CCCc4ccccc43)CC1C)C2=O. The molecular weight excluding hydrogens is 484 g/mol. The molecule has 0 fully saturated rings. The van der Waals surface area contributed by atoms with E-state index in [0.717, 1.165) is 24.1 Å². The Hall–Kier alpha value is -3.52. The molecule has 0 aromatic heterocycles. The molecule has 2 atom stereocenters. The van der Waals surface area contributed by atoms with E-state index >= 15 is 0 Å². The molecule has 3 aliphatic rings. The minimum absolute atomic E-state index is 0.0407. The monoisotopic (exact) mass is 510 g/mol. The highest BCUT2D eigenvalue weighted by Crippen LogP contribution is 2.52. The number of carbonyl (C=O) groups excluding carboxylic acids is 3. The number of rotatable bonds is 5. The van der Waals surface area contributed by atoms with Crippen molar-refractivity contribution in [1.29, 1.82) is 0 Å². The summed E-state index contributed by atoms with van der Waals surface area (Å²) in [5.74, 6) is -0.993. The maximum absolute atomic E-state index is 13.6. The van der Waals surface area contributed by atoms with E-state index in [4.69, 9.17) is 25.8 Å². The maximum Gasteiger partial charge on any atom is 0.246 e. The molecule has 1 spiro atoms. The van der Waals surface area contributed by atoms with Gasteiger partial charge in [-0.2, -0.15) is 0 Å². The summed E-state index contributed by atoms with van der Waals surface area (Å²) in [6.45, 7) is 2.47. The first kappa shape index (κ1) is 24.2. The number of allylic oxidation sites excluding steroid dienone is 1. The molecule has 1 aliphatic carbocycles. The van der Waals surface area contributed by atoms with Crippen LogP contribution < -0.4 is 24.4 Å². The highest BCUT2D eigenvalue weighted by Gasteiger charge is 2.60. The van der Waals surface area contributed by atoms with Gasteiger partial charge in [0.15, 0.2) is 5.75 Å². The third kappa shape index (κ3) is 3.63. The standard InChI is InChI=1S/C27H27ClN2O6/c1-15-11-17(29-14-22(32)30-10-6-8-16-7-4-5-9-18(16)30)12-21(31)27(15)26(33)23-19(34-2)13-20(35-3)24(28)25(23)36-27/h4-5,7,9,12-13,15,29H,6,8,10-11,14H2,1-3H3. The molecule has 0 saturated heterocycles. The fourth-order valence-electron chi connectivity index (χ4n) is 5.33. The smallest absolute Gasteiger partial charge is 0.246 e. The van der Waals surface area contributed by atoms with Gasteiger partial charge in [-0.1, -0.05) is 36.7 Å². The number of amides is 1. The Balaban J connectivity index is 1.36. The number of Topliss-reactive ketones (excluding diaryl/α,β-unsaturated/α-hetero) is 1. The Morgan fingerprint density at radius 2 is 1.97 bits per heavy atom. The number of hydrogen-bond donors (Lipinski definition) is 1. The Labute approximate surface area is 214 Å². The van der Waals surface area contributed by atoms with E-state index in [1.54, 1.807) is 11.8 Å². The molecule has 2 unspecified atom stereocenters. The quantitative estimate of drug-likeness (QED) is 0.612. The molecule has 0 saturated carbocycles. The van der Waals surface area contributed by atoms with Crippen molar-refractivity contribution in [2.24, 2.45) is 5.92 Å². The third-order valence-electron chi connectivity index (χ3n) is 7.19. The fourth-order valence-corrected chi connectivity index (χ4v) is 5.59. The summed E-state index contributed by atoms with van der Waals surface area (Å²) >= 11 is 6.43. The first-order valence-corrected chi connectivity index (χ1v) is 12.2. The van der Waals surface area contributed by atoms with E-state index in [0.29, 0.717) is 18.7 Å². The number of benzene rings is 2. The van der Waals surface area contributed by atoms with E-state index in [-0.39, 0.29) is 40.3 Å². The van der Waals surface area contributed by atoms with Gasteiger partial charge in [0, 0.05) is 36.0 Å². The third-order valence-corrected chi connectivity index (χ3v) is 7.55. The molecule has 2 heterocycles. The molecule has 188 valence electrons. The molecule has 1 N–H and O–H groups in total. The molecule has 0 bridgehead atoms. The van der Waals surface area contributed by atoms with Crippen LogP contribution in [0.2, 0.25) is 5.02 Å². The highest BCUT2D eigenvalue weighted by molar-refractivity contribution is 6.36. The van der Waals surface area contributed by atoms with Crippen LogP contribution in [0.25, 0.3) is 0 Å². The van der Waals surface area contributed by atoms with Crippen LogP contribution >= 0.6 is 11.6 Å². The van der Waals surface area contributed by atoms with Gasteiger partial charge in [-0.25, -0.2) is 0 Å². The Morgan fingerprint density at radius 3 is 2.69 bits per heavy atom. The van der Waals surface area contributed by atoms with Crippen molar-refractivity contribution in [3.05, 3.63) is 58.3 Å². The van der Waals surface area contributed by atoms with Gasteiger partial charge < -0.3 is 24.4 Å². The lowest BCUT2D eigenvalue weighted by Gasteiger charge is -2.35. The molecule has 36 heavy (non-hydrogen) atoms. The van der Waals surface area contributed by atoms with Crippen molar-refractivity contribution in [3.63, 3.8) is 0 Å². The summed E-state index contributed by atoms with van der Waals surface area (Å²) in [6.07, 6.45) is 3.55. The number of nitrogens with one attached hydrogen (secondary N) is 1. The van der Waals surface area contributed by atoms with E-state index in [2.05, 4.69) is 5.32 Å². The van der Waals surface area contributed by atoms with E-state index < -0.39 is 23.1 Å². The summed E-state index contributed by atoms with van der Waals surface area (Å²) in [6, 6.07) is 9.40. The zero-order valence-corrected chi connectivity index (χ0v) is 21.1. The van der Waals surface area contributed by atoms with Gasteiger partial charge in [0.05, 0.1) is 20.8 Å². The summed E-state index contributed by atoms with van der Waals surface area (Å²) < 4.78 is 16.7. The van der Waals surface area contributed by atoms with Crippen LogP contribution in [0.1, 0.15) is 35.7 Å². The summed E-state index contributed by atoms with van der Waals surface area (Å²) in [7, 11) is 2.87. The number of para-hydroxylation sites is 1. The average molecular weight is 511 g/mol. The van der Waals surface area contributed by atoms with Crippen molar-refractivity contribution in [1.82, 2.24) is 5.32 Å². The number of carbonyl (C=O) groups is 3. The van der Waals surface area contributed by atoms with E-state index in [1.165, 1.54) is 26.4 Å². The van der Waals surface area contributed by atoms with Crippen LogP contribution in [0.15, 0.2) is 42.1 Å².